The largest absolute Gasteiger partial charge is 0.391 e. The molecule has 4 atom stereocenters. The monoisotopic (exact) mass is 434 g/mol. The van der Waals surface area contributed by atoms with Crippen molar-refractivity contribution in [3.8, 4) is 0 Å². The van der Waals surface area contributed by atoms with E-state index in [0.29, 0.717) is 17.4 Å². The fourth-order valence-corrected chi connectivity index (χ4v) is 4.05. The molecule has 0 fully saturated rings. The Morgan fingerprint density at radius 3 is 1.66 bits per heavy atom. The molecule has 3 aromatic rings. The van der Waals surface area contributed by atoms with Gasteiger partial charge in [-0.1, -0.05) is 91.0 Å². The van der Waals surface area contributed by atoms with Gasteiger partial charge in [0.1, 0.15) is 11.7 Å². The van der Waals surface area contributed by atoms with Crippen LogP contribution in [-0.4, -0.2) is 45.0 Å². The number of hydrogen-bond donors (Lipinski definition) is 3. The van der Waals surface area contributed by atoms with Crippen molar-refractivity contribution in [2.45, 2.75) is 49.8 Å². The van der Waals surface area contributed by atoms with Gasteiger partial charge in [0.05, 0.1) is 12.7 Å². The Morgan fingerprint density at radius 2 is 1.22 bits per heavy atom. The van der Waals surface area contributed by atoms with E-state index in [1.165, 1.54) is 6.92 Å². The number of aldehydes is 1. The molecule has 3 N–H and O–H groups in total. The summed E-state index contributed by atoms with van der Waals surface area (Å²) in [6.07, 6.45) is -2.24. The Hall–Kier alpha value is -2.83. The summed E-state index contributed by atoms with van der Waals surface area (Å²) in [5.41, 5.74) is -2.08. The lowest BCUT2D eigenvalue weighted by Gasteiger charge is -2.46. The lowest BCUT2D eigenvalue weighted by molar-refractivity contribution is -0.227. The van der Waals surface area contributed by atoms with E-state index in [-0.39, 0.29) is 19.4 Å². The first kappa shape index (κ1) is 23.8. The van der Waals surface area contributed by atoms with Crippen LogP contribution in [0.1, 0.15) is 23.6 Å². The zero-order valence-corrected chi connectivity index (χ0v) is 18.2. The molecule has 0 aliphatic heterocycles. The van der Waals surface area contributed by atoms with Crippen molar-refractivity contribution in [3.63, 3.8) is 0 Å². The van der Waals surface area contributed by atoms with Gasteiger partial charge in [0.2, 0.25) is 0 Å². The molecule has 0 aliphatic carbocycles. The van der Waals surface area contributed by atoms with E-state index in [4.69, 9.17) is 4.74 Å². The SMILES string of the molecule is C[C@H](O)[C@@H](OCc1ccccc1)[C@](O)(Cc1ccccc1)[C@](O)(C=O)Cc1ccccc1. The normalized spacial score (nSPS) is 17.0. The maximum absolute atomic E-state index is 12.3. The second-order valence-corrected chi connectivity index (χ2v) is 8.25. The van der Waals surface area contributed by atoms with E-state index in [0.717, 1.165) is 5.56 Å². The minimum absolute atomic E-state index is 0.0831. The average Bonchev–Trinajstić information content (AvgIpc) is 2.80. The molecule has 0 spiro atoms. The van der Waals surface area contributed by atoms with Crippen molar-refractivity contribution in [1.82, 2.24) is 0 Å². The van der Waals surface area contributed by atoms with Gasteiger partial charge >= 0.3 is 0 Å². The summed E-state index contributed by atoms with van der Waals surface area (Å²) in [6, 6.07) is 27.4. The van der Waals surface area contributed by atoms with Gasteiger partial charge in [0, 0.05) is 12.8 Å². The first-order valence-electron chi connectivity index (χ1n) is 10.7. The number of carbonyl (C=O) groups is 1. The summed E-state index contributed by atoms with van der Waals surface area (Å²) < 4.78 is 5.99. The maximum Gasteiger partial charge on any atom is 0.155 e. The van der Waals surface area contributed by atoms with Crippen molar-refractivity contribution in [1.29, 1.82) is 0 Å². The van der Waals surface area contributed by atoms with Gasteiger partial charge in [-0.25, -0.2) is 0 Å². The minimum atomic E-state index is -2.21. The summed E-state index contributed by atoms with van der Waals surface area (Å²) in [7, 11) is 0. The smallest absolute Gasteiger partial charge is 0.155 e. The van der Waals surface area contributed by atoms with Gasteiger partial charge in [0.25, 0.3) is 0 Å². The molecule has 3 aromatic carbocycles. The number of aliphatic hydroxyl groups excluding tert-OH is 1. The summed E-state index contributed by atoms with van der Waals surface area (Å²) in [6.45, 7) is 1.59. The molecular weight excluding hydrogens is 404 g/mol. The summed E-state index contributed by atoms with van der Waals surface area (Å²) in [4.78, 5) is 12.3. The van der Waals surface area contributed by atoms with Crippen molar-refractivity contribution >= 4 is 6.29 Å². The van der Waals surface area contributed by atoms with Gasteiger partial charge in [-0.3, -0.25) is 0 Å². The Kier molecular flexibility index (Phi) is 7.94. The van der Waals surface area contributed by atoms with Crippen LogP contribution in [-0.2, 0) is 29.0 Å². The third-order valence-corrected chi connectivity index (χ3v) is 5.76. The molecule has 32 heavy (non-hydrogen) atoms. The number of carbonyl (C=O) groups excluding carboxylic acids is 1. The summed E-state index contributed by atoms with van der Waals surface area (Å²) in [5.74, 6) is 0. The molecule has 0 aliphatic rings. The van der Waals surface area contributed by atoms with Crippen molar-refractivity contribution in [2.24, 2.45) is 0 Å². The fourth-order valence-electron chi connectivity index (χ4n) is 4.05. The van der Waals surface area contributed by atoms with Gasteiger partial charge in [0.15, 0.2) is 11.9 Å². The molecule has 0 heterocycles. The molecule has 0 amide bonds. The van der Waals surface area contributed by atoms with Crippen LogP contribution in [0.2, 0.25) is 0 Å². The Balaban J connectivity index is 2.01. The van der Waals surface area contributed by atoms with Gasteiger partial charge in [-0.15, -0.1) is 0 Å². The van der Waals surface area contributed by atoms with E-state index in [1.807, 2.05) is 54.6 Å². The molecule has 0 radical (unpaired) electrons. The lowest BCUT2D eigenvalue weighted by Crippen LogP contribution is -2.67. The van der Waals surface area contributed by atoms with Crippen molar-refractivity contribution in [2.75, 3.05) is 0 Å². The third kappa shape index (κ3) is 5.50. The molecule has 0 bridgehead atoms. The lowest BCUT2D eigenvalue weighted by atomic mass is 9.71. The first-order chi connectivity index (χ1) is 15.4. The van der Waals surface area contributed by atoms with Crippen LogP contribution in [0.15, 0.2) is 91.0 Å². The summed E-state index contributed by atoms with van der Waals surface area (Å²) in [5, 5.41) is 34.2. The maximum atomic E-state index is 12.3. The molecule has 5 nitrogen and oxygen atoms in total. The van der Waals surface area contributed by atoms with Crippen molar-refractivity contribution in [3.05, 3.63) is 108 Å². The van der Waals surface area contributed by atoms with Gasteiger partial charge < -0.3 is 24.9 Å². The standard InChI is InChI=1S/C27H30O5/c1-21(29)25(32-19-24-15-9-4-10-16-24)27(31,18-23-13-7-3-8-14-23)26(30,20-28)17-22-11-5-2-6-12-22/h2-16,20-21,25,29-31H,17-19H2,1H3/t21-,25+,26+,27+/m0/s1. The number of hydrogen-bond acceptors (Lipinski definition) is 5. The molecule has 0 saturated heterocycles. The molecular formula is C27H30O5. The van der Waals surface area contributed by atoms with Crippen LogP contribution < -0.4 is 0 Å². The molecule has 0 saturated carbocycles. The molecule has 5 heteroatoms. The third-order valence-electron chi connectivity index (χ3n) is 5.76. The highest BCUT2D eigenvalue weighted by atomic mass is 16.5. The Bertz CT molecular complexity index is 961. The molecule has 0 unspecified atom stereocenters. The summed E-state index contributed by atoms with van der Waals surface area (Å²) >= 11 is 0. The highest BCUT2D eigenvalue weighted by Crippen LogP contribution is 2.35. The number of aliphatic hydroxyl groups is 3. The van der Waals surface area contributed by atoms with E-state index < -0.39 is 23.4 Å². The predicted molar refractivity (Wildman–Crippen MR) is 123 cm³/mol. The van der Waals surface area contributed by atoms with Crippen LogP contribution in [0.5, 0.6) is 0 Å². The second-order valence-electron chi connectivity index (χ2n) is 8.25. The topological polar surface area (TPSA) is 87.0 Å². The molecule has 3 rings (SSSR count). The quantitative estimate of drug-likeness (QED) is 0.404. The van der Waals surface area contributed by atoms with E-state index in [2.05, 4.69) is 0 Å². The highest BCUT2D eigenvalue weighted by Gasteiger charge is 2.56. The Morgan fingerprint density at radius 1 is 0.781 bits per heavy atom. The van der Waals surface area contributed by atoms with Crippen molar-refractivity contribution < 1.29 is 24.9 Å². The number of ether oxygens (including phenoxy) is 1. The van der Waals surface area contributed by atoms with Crippen LogP contribution in [0, 0.1) is 0 Å². The van der Waals surface area contributed by atoms with Crippen LogP contribution >= 0.6 is 0 Å². The van der Waals surface area contributed by atoms with Crippen LogP contribution in [0.3, 0.4) is 0 Å². The zero-order chi connectivity index (χ0) is 23.0. The van der Waals surface area contributed by atoms with Gasteiger partial charge in [-0.05, 0) is 23.6 Å². The Labute approximate surface area is 188 Å². The van der Waals surface area contributed by atoms with Crippen LogP contribution in [0.25, 0.3) is 0 Å². The number of benzene rings is 3. The molecule has 168 valence electrons. The van der Waals surface area contributed by atoms with E-state index in [1.54, 1.807) is 36.4 Å². The van der Waals surface area contributed by atoms with E-state index in [9.17, 15) is 20.1 Å². The van der Waals surface area contributed by atoms with Crippen LogP contribution in [0.4, 0.5) is 0 Å². The average molecular weight is 435 g/mol. The molecule has 0 aromatic heterocycles. The second kappa shape index (κ2) is 10.7. The minimum Gasteiger partial charge on any atom is -0.391 e. The van der Waals surface area contributed by atoms with Gasteiger partial charge in [-0.2, -0.15) is 0 Å². The predicted octanol–water partition coefficient (Wildman–Crippen LogP) is 3.10. The first-order valence-corrected chi connectivity index (χ1v) is 10.7. The fraction of sp³-hybridized carbons (Fsp3) is 0.296. The van der Waals surface area contributed by atoms with E-state index >= 15 is 0 Å². The zero-order valence-electron chi connectivity index (χ0n) is 18.2. The highest BCUT2D eigenvalue weighted by molar-refractivity contribution is 5.66. The number of rotatable bonds is 11.